The molecule has 1 N–H and O–H groups in total. The van der Waals surface area contributed by atoms with E-state index in [0.717, 1.165) is 21.9 Å². The van der Waals surface area contributed by atoms with Gasteiger partial charge in [-0.15, -0.1) is 0 Å². The summed E-state index contributed by atoms with van der Waals surface area (Å²) < 4.78 is 5.60. The minimum atomic E-state index is -0.265. The molecule has 0 atom stereocenters. The van der Waals surface area contributed by atoms with E-state index in [1.807, 2.05) is 48.5 Å². The average Bonchev–Trinajstić information content (AvgIpc) is 3.01. The molecule has 0 radical (unpaired) electrons. The van der Waals surface area contributed by atoms with Crippen LogP contribution in [-0.2, 0) is 6.54 Å². The molecule has 5 heteroatoms. The zero-order valence-electron chi connectivity index (χ0n) is 12.6. The Labute approximate surface area is 143 Å². The number of aromatic nitrogens is 1. The lowest BCUT2D eigenvalue weighted by Crippen LogP contribution is -2.22. The second-order valence-corrected chi connectivity index (χ2v) is 5.94. The predicted octanol–water partition coefficient (Wildman–Crippen LogP) is 4.56. The first-order chi connectivity index (χ1) is 11.7. The summed E-state index contributed by atoms with van der Waals surface area (Å²) in [5, 5.41) is 5.19. The second-order valence-electron chi connectivity index (χ2n) is 5.50. The summed E-state index contributed by atoms with van der Waals surface area (Å²) in [6, 6.07) is 18.8. The highest BCUT2D eigenvalue weighted by Crippen LogP contribution is 2.24. The number of fused-ring (bicyclic) bond motifs is 2. The highest BCUT2D eigenvalue weighted by atomic mass is 35.5. The van der Waals surface area contributed by atoms with E-state index in [0.29, 0.717) is 17.3 Å². The number of rotatable bonds is 3. The summed E-state index contributed by atoms with van der Waals surface area (Å²) in [4.78, 5) is 16.7. The monoisotopic (exact) mass is 336 g/mol. The fourth-order valence-corrected chi connectivity index (χ4v) is 2.74. The maximum absolute atomic E-state index is 12.3. The van der Waals surface area contributed by atoms with Gasteiger partial charge in [-0.05, 0) is 29.8 Å². The number of benzene rings is 2. The first kappa shape index (κ1) is 14.7. The Morgan fingerprint density at radius 3 is 2.71 bits per heavy atom. The van der Waals surface area contributed by atoms with Crippen molar-refractivity contribution >= 4 is 39.5 Å². The van der Waals surface area contributed by atoms with Crippen LogP contribution >= 0.6 is 11.6 Å². The van der Waals surface area contributed by atoms with Crippen molar-refractivity contribution in [3.05, 3.63) is 77.0 Å². The maximum atomic E-state index is 12.3. The van der Waals surface area contributed by atoms with Gasteiger partial charge in [0.2, 0.25) is 5.71 Å². The second kappa shape index (κ2) is 5.98. The molecule has 0 aliphatic rings. The Balaban J connectivity index is 1.62. The Kier molecular flexibility index (Phi) is 3.67. The summed E-state index contributed by atoms with van der Waals surface area (Å²) in [5.41, 5.74) is 2.19. The highest BCUT2D eigenvalue weighted by molar-refractivity contribution is 6.31. The van der Waals surface area contributed by atoms with Crippen LogP contribution in [0.5, 0.6) is 0 Å². The third-order valence-corrected chi connectivity index (χ3v) is 4.02. The molecular formula is C19H13ClN2O2. The molecule has 4 aromatic rings. The maximum Gasteiger partial charge on any atom is 0.287 e. The van der Waals surface area contributed by atoms with E-state index in [4.69, 9.17) is 16.0 Å². The summed E-state index contributed by atoms with van der Waals surface area (Å²) in [6.07, 6.45) is 0. The van der Waals surface area contributed by atoms with E-state index < -0.39 is 0 Å². The lowest BCUT2D eigenvalue weighted by molar-refractivity contribution is 0.0925. The van der Waals surface area contributed by atoms with Gasteiger partial charge in [0.15, 0.2) is 5.76 Å². The lowest BCUT2D eigenvalue weighted by atomic mass is 10.2. The van der Waals surface area contributed by atoms with Crippen LogP contribution in [0.1, 0.15) is 16.1 Å². The van der Waals surface area contributed by atoms with E-state index in [1.54, 1.807) is 12.1 Å². The molecule has 0 fully saturated rings. The average molecular weight is 337 g/mol. The Morgan fingerprint density at radius 2 is 1.88 bits per heavy atom. The van der Waals surface area contributed by atoms with Crippen LogP contribution in [0.3, 0.4) is 0 Å². The third-order valence-electron chi connectivity index (χ3n) is 3.79. The van der Waals surface area contributed by atoms with E-state index in [2.05, 4.69) is 10.3 Å². The molecule has 24 heavy (non-hydrogen) atoms. The molecular weight excluding hydrogens is 324 g/mol. The van der Waals surface area contributed by atoms with Crippen LogP contribution < -0.4 is 5.32 Å². The van der Waals surface area contributed by atoms with Gasteiger partial charge in [0.25, 0.3) is 5.91 Å². The summed E-state index contributed by atoms with van der Waals surface area (Å²) in [7, 11) is 0. The van der Waals surface area contributed by atoms with Crippen molar-refractivity contribution in [3.63, 3.8) is 0 Å². The van der Waals surface area contributed by atoms with Gasteiger partial charge < -0.3 is 9.73 Å². The Bertz CT molecular complexity index is 1040. The number of nitrogens with one attached hydrogen (secondary N) is 1. The van der Waals surface area contributed by atoms with Gasteiger partial charge in [-0.3, -0.25) is 4.79 Å². The van der Waals surface area contributed by atoms with Gasteiger partial charge in [0.1, 0.15) is 0 Å². The largest absolute Gasteiger partial charge is 0.433 e. The zero-order valence-corrected chi connectivity index (χ0v) is 13.4. The third kappa shape index (κ3) is 2.84. The fraction of sp³-hybridized carbons (Fsp3) is 0.0526. The topological polar surface area (TPSA) is 55.1 Å². The first-order valence-electron chi connectivity index (χ1n) is 7.51. The molecule has 0 saturated carbocycles. The van der Waals surface area contributed by atoms with Gasteiger partial charge in [-0.1, -0.05) is 48.0 Å². The molecule has 1 amide bonds. The molecule has 118 valence electrons. The van der Waals surface area contributed by atoms with E-state index in [-0.39, 0.29) is 11.7 Å². The van der Waals surface area contributed by atoms with Gasteiger partial charge >= 0.3 is 0 Å². The van der Waals surface area contributed by atoms with Gasteiger partial charge in [-0.25, -0.2) is 4.98 Å². The van der Waals surface area contributed by atoms with Crippen molar-refractivity contribution in [2.75, 3.05) is 0 Å². The van der Waals surface area contributed by atoms with Crippen molar-refractivity contribution in [2.45, 2.75) is 6.54 Å². The molecule has 0 unspecified atom stereocenters. The molecule has 0 saturated heterocycles. The number of pyridine rings is 1. The van der Waals surface area contributed by atoms with E-state index in [1.165, 1.54) is 0 Å². The van der Waals surface area contributed by atoms with E-state index in [9.17, 15) is 4.79 Å². The van der Waals surface area contributed by atoms with E-state index >= 15 is 0 Å². The zero-order chi connectivity index (χ0) is 16.5. The molecule has 2 aromatic carbocycles. The first-order valence-corrected chi connectivity index (χ1v) is 7.89. The predicted molar refractivity (Wildman–Crippen MR) is 94.1 cm³/mol. The molecule has 4 nitrogen and oxygen atoms in total. The standard InChI is InChI=1S/C19H13ClN2O2/c20-15-7-6-13-8-14-9-17(24-19(14)22-16(13)10-15)18(23)21-11-12-4-2-1-3-5-12/h1-10H,11H2,(H,21,23). The van der Waals surface area contributed by atoms with Gasteiger partial charge in [0, 0.05) is 22.3 Å². The number of hydrogen-bond acceptors (Lipinski definition) is 3. The summed E-state index contributed by atoms with van der Waals surface area (Å²) in [5.74, 6) is -0.0197. The van der Waals surface area contributed by atoms with Crippen molar-refractivity contribution in [1.82, 2.24) is 10.3 Å². The van der Waals surface area contributed by atoms with Crippen molar-refractivity contribution in [3.8, 4) is 0 Å². The highest BCUT2D eigenvalue weighted by Gasteiger charge is 2.13. The fourth-order valence-electron chi connectivity index (χ4n) is 2.58. The summed E-state index contributed by atoms with van der Waals surface area (Å²) in [6.45, 7) is 0.446. The van der Waals surface area contributed by atoms with Crippen LogP contribution in [-0.4, -0.2) is 10.9 Å². The number of nitrogens with zero attached hydrogens (tertiary/aromatic N) is 1. The van der Waals surface area contributed by atoms with Crippen LogP contribution in [0.25, 0.3) is 22.0 Å². The van der Waals surface area contributed by atoms with Crippen molar-refractivity contribution < 1.29 is 9.21 Å². The van der Waals surface area contributed by atoms with Gasteiger partial charge in [0.05, 0.1) is 5.52 Å². The number of carbonyl (C=O) groups excluding carboxylic acids is 1. The molecule has 0 bridgehead atoms. The van der Waals surface area contributed by atoms with Crippen LogP contribution in [0.2, 0.25) is 5.02 Å². The van der Waals surface area contributed by atoms with Gasteiger partial charge in [-0.2, -0.15) is 0 Å². The normalized spacial score (nSPS) is 11.0. The molecule has 0 aliphatic carbocycles. The lowest BCUT2D eigenvalue weighted by Gasteiger charge is -2.02. The number of carbonyl (C=O) groups is 1. The van der Waals surface area contributed by atoms with Crippen molar-refractivity contribution in [2.24, 2.45) is 0 Å². The molecule has 4 rings (SSSR count). The number of amides is 1. The molecule has 0 aliphatic heterocycles. The Morgan fingerprint density at radius 1 is 1.04 bits per heavy atom. The minimum absolute atomic E-state index is 0.245. The smallest absolute Gasteiger partial charge is 0.287 e. The molecule has 2 aromatic heterocycles. The SMILES string of the molecule is O=C(NCc1ccccc1)c1cc2cc3ccc(Cl)cc3nc2o1. The van der Waals surface area contributed by atoms with Crippen LogP contribution in [0, 0.1) is 0 Å². The Hall–Kier alpha value is -2.85. The minimum Gasteiger partial charge on any atom is -0.433 e. The number of halogens is 1. The summed E-state index contributed by atoms with van der Waals surface area (Å²) >= 11 is 5.99. The quantitative estimate of drug-likeness (QED) is 0.596. The number of furan rings is 1. The van der Waals surface area contributed by atoms with Crippen LogP contribution in [0.4, 0.5) is 0 Å². The molecule has 0 spiro atoms. The van der Waals surface area contributed by atoms with Crippen molar-refractivity contribution in [1.29, 1.82) is 0 Å². The van der Waals surface area contributed by atoms with Crippen LogP contribution in [0.15, 0.2) is 65.1 Å². The number of hydrogen-bond donors (Lipinski definition) is 1. The molecule has 2 heterocycles.